The molecule has 0 atom stereocenters. The Morgan fingerprint density at radius 2 is 2.00 bits per heavy atom. The van der Waals surface area contributed by atoms with Crippen molar-refractivity contribution < 1.29 is 9.90 Å². The molecule has 2 rings (SSSR count). The fraction of sp³-hybridized carbons (Fsp3) is 0.462. The normalized spacial score (nSPS) is 22.9. The Labute approximate surface area is 109 Å². The molecular formula is C13H16BrNO2. The summed E-state index contributed by atoms with van der Waals surface area (Å²) in [5, 5.41) is 12.8. The van der Waals surface area contributed by atoms with E-state index in [1.807, 2.05) is 24.3 Å². The second-order valence-corrected chi connectivity index (χ2v) is 5.09. The minimum Gasteiger partial charge on any atom is -0.393 e. The van der Waals surface area contributed by atoms with Gasteiger partial charge in [-0.15, -0.1) is 0 Å². The van der Waals surface area contributed by atoms with Crippen LogP contribution in [0.2, 0.25) is 0 Å². The van der Waals surface area contributed by atoms with Gasteiger partial charge in [-0.3, -0.25) is 4.79 Å². The molecule has 1 amide bonds. The summed E-state index contributed by atoms with van der Waals surface area (Å²) in [6.45, 7) is 0.663. The molecule has 0 saturated heterocycles. The Bertz CT molecular complexity index is 385. The summed E-state index contributed by atoms with van der Waals surface area (Å²) in [7, 11) is 0. The monoisotopic (exact) mass is 297 g/mol. The van der Waals surface area contributed by atoms with Gasteiger partial charge in [-0.05, 0) is 36.5 Å². The number of carbonyl (C=O) groups is 1. The molecule has 1 aromatic rings. The van der Waals surface area contributed by atoms with E-state index in [-0.39, 0.29) is 12.0 Å². The fourth-order valence-electron chi connectivity index (χ4n) is 1.95. The second kappa shape index (κ2) is 5.65. The minimum atomic E-state index is -0.157. The number of rotatable bonds is 4. The molecule has 0 aliphatic heterocycles. The average molecular weight is 298 g/mol. The van der Waals surface area contributed by atoms with Crippen LogP contribution in [0.15, 0.2) is 24.3 Å². The smallest absolute Gasteiger partial charge is 0.251 e. The van der Waals surface area contributed by atoms with E-state index < -0.39 is 0 Å². The van der Waals surface area contributed by atoms with Gasteiger partial charge in [0.15, 0.2) is 0 Å². The topological polar surface area (TPSA) is 49.3 Å². The summed E-state index contributed by atoms with van der Waals surface area (Å²) < 4.78 is 0. The lowest BCUT2D eigenvalue weighted by Gasteiger charge is -2.31. The van der Waals surface area contributed by atoms with Crippen LogP contribution >= 0.6 is 15.9 Å². The van der Waals surface area contributed by atoms with Gasteiger partial charge in [0.1, 0.15) is 0 Å². The minimum absolute atomic E-state index is 0.0347. The van der Waals surface area contributed by atoms with Gasteiger partial charge in [-0.25, -0.2) is 0 Å². The molecule has 1 fully saturated rings. The molecule has 4 heteroatoms. The Morgan fingerprint density at radius 1 is 1.35 bits per heavy atom. The largest absolute Gasteiger partial charge is 0.393 e. The molecule has 0 heterocycles. The van der Waals surface area contributed by atoms with E-state index in [4.69, 9.17) is 5.11 Å². The van der Waals surface area contributed by atoms with E-state index in [0.717, 1.165) is 23.7 Å². The molecule has 1 aromatic carbocycles. The van der Waals surface area contributed by atoms with Crippen LogP contribution in [-0.2, 0) is 5.33 Å². The van der Waals surface area contributed by atoms with Crippen LogP contribution in [0.3, 0.4) is 0 Å². The second-order valence-electron chi connectivity index (χ2n) is 4.53. The van der Waals surface area contributed by atoms with Crippen molar-refractivity contribution in [3.63, 3.8) is 0 Å². The first-order valence-electron chi connectivity index (χ1n) is 5.80. The molecule has 1 saturated carbocycles. The van der Waals surface area contributed by atoms with Crippen molar-refractivity contribution in [2.75, 3.05) is 6.54 Å². The van der Waals surface area contributed by atoms with Crippen molar-refractivity contribution >= 4 is 21.8 Å². The van der Waals surface area contributed by atoms with E-state index >= 15 is 0 Å². The van der Waals surface area contributed by atoms with Crippen molar-refractivity contribution in [3.05, 3.63) is 35.4 Å². The van der Waals surface area contributed by atoms with Crippen LogP contribution in [-0.4, -0.2) is 23.7 Å². The molecule has 0 aromatic heterocycles. The first-order valence-corrected chi connectivity index (χ1v) is 6.92. The lowest BCUT2D eigenvalue weighted by molar-refractivity contribution is 0.0420. The van der Waals surface area contributed by atoms with Crippen molar-refractivity contribution in [1.82, 2.24) is 5.32 Å². The highest BCUT2D eigenvalue weighted by molar-refractivity contribution is 9.08. The Balaban J connectivity index is 1.82. The third-order valence-electron chi connectivity index (χ3n) is 3.13. The number of hydrogen-bond donors (Lipinski definition) is 2. The molecule has 0 radical (unpaired) electrons. The van der Waals surface area contributed by atoms with Gasteiger partial charge in [0.25, 0.3) is 5.91 Å². The summed E-state index contributed by atoms with van der Waals surface area (Å²) in [5.74, 6) is 0.406. The number of halogens is 1. The molecule has 1 aliphatic rings. The van der Waals surface area contributed by atoms with Gasteiger partial charge >= 0.3 is 0 Å². The van der Waals surface area contributed by atoms with Crippen molar-refractivity contribution in [2.45, 2.75) is 24.3 Å². The summed E-state index contributed by atoms with van der Waals surface area (Å²) in [6.07, 6.45) is 1.46. The number of alkyl halides is 1. The maximum Gasteiger partial charge on any atom is 0.251 e. The predicted molar refractivity (Wildman–Crippen MR) is 70.1 cm³/mol. The number of hydrogen-bond acceptors (Lipinski definition) is 2. The van der Waals surface area contributed by atoms with E-state index in [0.29, 0.717) is 18.0 Å². The van der Waals surface area contributed by atoms with Gasteiger partial charge in [0, 0.05) is 17.4 Å². The number of aliphatic hydroxyl groups is 1. The van der Waals surface area contributed by atoms with E-state index in [2.05, 4.69) is 21.2 Å². The Morgan fingerprint density at radius 3 is 2.53 bits per heavy atom. The molecule has 3 nitrogen and oxygen atoms in total. The highest BCUT2D eigenvalue weighted by Gasteiger charge is 2.27. The lowest BCUT2D eigenvalue weighted by atomic mass is 9.82. The molecular weight excluding hydrogens is 282 g/mol. The zero-order valence-electron chi connectivity index (χ0n) is 9.53. The van der Waals surface area contributed by atoms with Gasteiger partial charge in [-0.1, -0.05) is 28.1 Å². The lowest BCUT2D eigenvalue weighted by Crippen LogP contribution is -2.38. The van der Waals surface area contributed by atoms with E-state index in [1.54, 1.807) is 0 Å². The average Bonchev–Trinajstić information content (AvgIpc) is 2.33. The van der Waals surface area contributed by atoms with Crippen LogP contribution in [0, 0.1) is 5.92 Å². The number of benzene rings is 1. The third kappa shape index (κ3) is 3.30. The summed E-state index contributed by atoms with van der Waals surface area (Å²) in [5.41, 5.74) is 1.85. The molecule has 92 valence electrons. The highest BCUT2D eigenvalue weighted by atomic mass is 79.9. The fourth-order valence-corrected chi connectivity index (χ4v) is 2.33. The predicted octanol–water partition coefficient (Wildman–Crippen LogP) is 2.08. The SMILES string of the molecule is O=C(NCC1CC(O)C1)c1ccc(CBr)cc1. The molecule has 1 aliphatic carbocycles. The Kier molecular flexibility index (Phi) is 4.18. The van der Waals surface area contributed by atoms with Crippen LogP contribution in [0.5, 0.6) is 0 Å². The van der Waals surface area contributed by atoms with Gasteiger partial charge in [0.05, 0.1) is 6.10 Å². The van der Waals surface area contributed by atoms with E-state index in [9.17, 15) is 4.79 Å². The summed E-state index contributed by atoms with van der Waals surface area (Å²) >= 11 is 3.37. The van der Waals surface area contributed by atoms with Crippen molar-refractivity contribution in [2.24, 2.45) is 5.92 Å². The van der Waals surface area contributed by atoms with Crippen LogP contribution < -0.4 is 5.32 Å². The number of nitrogens with one attached hydrogen (secondary N) is 1. The Hall–Kier alpha value is -0.870. The maximum absolute atomic E-state index is 11.8. The summed E-state index contributed by atoms with van der Waals surface area (Å²) in [6, 6.07) is 7.55. The standard InChI is InChI=1S/C13H16BrNO2/c14-7-9-1-3-11(4-2-9)13(17)15-8-10-5-12(16)6-10/h1-4,10,12,16H,5-8H2,(H,15,17). The quantitative estimate of drug-likeness (QED) is 0.836. The molecule has 0 unspecified atom stereocenters. The van der Waals surface area contributed by atoms with Crippen LogP contribution in [0.25, 0.3) is 0 Å². The first kappa shape index (κ1) is 12.6. The highest BCUT2D eigenvalue weighted by Crippen LogP contribution is 2.26. The van der Waals surface area contributed by atoms with Crippen LogP contribution in [0.1, 0.15) is 28.8 Å². The molecule has 17 heavy (non-hydrogen) atoms. The van der Waals surface area contributed by atoms with Gasteiger partial charge in [-0.2, -0.15) is 0 Å². The number of amides is 1. The van der Waals surface area contributed by atoms with Gasteiger partial charge < -0.3 is 10.4 Å². The zero-order chi connectivity index (χ0) is 12.3. The molecule has 2 N–H and O–H groups in total. The van der Waals surface area contributed by atoms with Crippen molar-refractivity contribution in [1.29, 1.82) is 0 Å². The number of carbonyl (C=O) groups excluding carboxylic acids is 1. The van der Waals surface area contributed by atoms with Crippen LogP contribution in [0.4, 0.5) is 0 Å². The van der Waals surface area contributed by atoms with E-state index in [1.165, 1.54) is 0 Å². The molecule has 0 spiro atoms. The van der Waals surface area contributed by atoms with Crippen molar-refractivity contribution in [3.8, 4) is 0 Å². The number of aliphatic hydroxyl groups excluding tert-OH is 1. The third-order valence-corrected chi connectivity index (χ3v) is 3.78. The maximum atomic E-state index is 11.8. The zero-order valence-corrected chi connectivity index (χ0v) is 11.1. The van der Waals surface area contributed by atoms with Gasteiger partial charge in [0.2, 0.25) is 0 Å². The first-order chi connectivity index (χ1) is 8.19. The molecule has 0 bridgehead atoms. The summed E-state index contributed by atoms with van der Waals surface area (Å²) in [4.78, 5) is 11.8.